The second-order valence-corrected chi connectivity index (χ2v) is 7.58. The molecule has 0 aromatic heterocycles. The number of carbonyl (C=O) groups is 2. The normalized spacial score (nSPS) is 19.2. The fraction of sp³-hybridized carbons (Fsp3) is 0.421. The molecule has 9 heteroatoms. The van der Waals surface area contributed by atoms with Crippen molar-refractivity contribution in [2.24, 2.45) is 4.99 Å². The number of nitro groups is 1. The first-order valence-electron chi connectivity index (χ1n) is 8.68. The third-order valence-electron chi connectivity index (χ3n) is 4.30. The van der Waals surface area contributed by atoms with Crippen LogP contribution in [0, 0.1) is 15.9 Å². The van der Waals surface area contributed by atoms with E-state index in [1.165, 1.54) is 32.0 Å². The van der Waals surface area contributed by atoms with E-state index >= 15 is 0 Å². The van der Waals surface area contributed by atoms with E-state index in [1.54, 1.807) is 13.0 Å². The summed E-state index contributed by atoms with van der Waals surface area (Å²) in [5.74, 6) is -2.04. The van der Waals surface area contributed by atoms with Gasteiger partial charge in [-0.2, -0.15) is 0 Å². The van der Waals surface area contributed by atoms with Crippen LogP contribution in [-0.4, -0.2) is 40.1 Å². The number of aliphatic imine (C=N–C) groups is 1. The van der Waals surface area contributed by atoms with Gasteiger partial charge in [0, 0.05) is 28.9 Å². The maximum atomic E-state index is 14.5. The van der Waals surface area contributed by atoms with Gasteiger partial charge in [0.05, 0.1) is 23.8 Å². The van der Waals surface area contributed by atoms with Crippen molar-refractivity contribution in [1.29, 1.82) is 0 Å². The highest BCUT2D eigenvalue weighted by atomic mass is 32.2. The minimum absolute atomic E-state index is 0.0170. The molecule has 0 amide bonds. The van der Waals surface area contributed by atoms with Crippen LogP contribution >= 0.6 is 11.8 Å². The molecule has 2 rings (SSSR count). The van der Waals surface area contributed by atoms with Crippen LogP contribution in [0.5, 0.6) is 0 Å². The van der Waals surface area contributed by atoms with Crippen LogP contribution in [0.4, 0.5) is 4.39 Å². The van der Waals surface area contributed by atoms with Gasteiger partial charge >= 0.3 is 5.97 Å². The van der Waals surface area contributed by atoms with Gasteiger partial charge in [-0.15, -0.1) is 0 Å². The highest BCUT2D eigenvalue weighted by molar-refractivity contribution is 8.13. The van der Waals surface area contributed by atoms with Crippen molar-refractivity contribution in [3.8, 4) is 0 Å². The standard InChI is InChI=1S/C19H21FN2O5S/c1-11-16(19(24)27-9-6-10-28-13(3)23)17(14-7-4-5-8-15(14)20)18(22(25)26)12(2)21-11/h4-5,7-8,17-18H,6,9-10H2,1-3H3. The molecule has 0 radical (unpaired) electrons. The molecule has 0 saturated carbocycles. The lowest BCUT2D eigenvalue weighted by molar-refractivity contribution is -0.505. The molecule has 2 atom stereocenters. The van der Waals surface area contributed by atoms with Gasteiger partial charge in [-0.1, -0.05) is 30.0 Å². The summed E-state index contributed by atoms with van der Waals surface area (Å²) in [5.41, 5.74) is 0.505. The molecule has 0 bridgehead atoms. The van der Waals surface area contributed by atoms with Gasteiger partial charge < -0.3 is 4.74 Å². The molecule has 7 nitrogen and oxygen atoms in total. The quantitative estimate of drug-likeness (QED) is 0.296. The fourth-order valence-electron chi connectivity index (χ4n) is 3.13. The number of halogens is 1. The third-order valence-corrected chi connectivity index (χ3v) is 5.20. The Labute approximate surface area is 166 Å². The molecule has 0 aliphatic carbocycles. The number of ether oxygens (including phenoxy) is 1. The predicted octanol–water partition coefficient (Wildman–Crippen LogP) is 3.52. The summed E-state index contributed by atoms with van der Waals surface area (Å²) < 4.78 is 19.7. The summed E-state index contributed by atoms with van der Waals surface area (Å²) in [6, 6.07) is 4.30. The lowest BCUT2D eigenvalue weighted by Crippen LogP contribution is -2.40. The summed E-state index contributed by atoms with van der Waals surface area (Å²) >= 11 is 1.12. The molecule has 2 unspecified atom stereocenters. The molecule has 1 aliphatic heterocycles. The molecule has 0 saturated heterocycles. The Bertz CT molecular complexity index is 852. The zero-order valence-corrected chi connectivity index (χ0v) is 16.6. The van der Waals surface area contributed by atoms with Gasteiger partial charge in [0.25, 0.3) is 6.04 Å². The Kier molecular flexibility index (Phi) is 7.45. The number of thioether (sulfide) groups is 1. The van der Waals surface area contributed by atoms with E-state index < -0.39 is 28.7 Å². The average Bonchev–Trinajstić information content (AvgIpc) is 2.60. The lowest BCUT2D eigenvalue weighted by atomic mass is 9.80. The molecular weight excluding hydrogens is 387 g/mol. The average molecular weight is 408 g/mol. The van der Waals surface area contributed by atoms with E-state index in [0.29, 0.717) is 12.2 Å². The van der Waals surface area contributed by atoms with E-state index in [4.69, 9.17) is 4.74 Å². The van der Waals surface area contributed by atoms with Gasteiger partial charge in [-0.3, -0.25) is 19.9 Å². The summed E-state index contributed by atoms with van der Waals surface area (Å²) in [4.78, 5) is 38.9. The maximum absolute atomic E-state index is 14.5. The van der Waals surface area contributed by atoms with Crippen molar-refractivity contribution in [3.63, 3.8) is 0 Å². The highest BCUT2D eigenvalue weighted by Crippen LogP contribution is 2.38. The Morgan fingerprint density at radius 1 is 1.32 bits per heavy atom. The zero-order chi connectivity index (χ0) is 20.8. The van der Waals surface area contributed by atoms with Gasteiger partial charge in [0.15, 0.2) is 5.12 Å². The molecule has 0 fully saturated rings. The third kappa shape index (κ3) is 5.03. The van der Waals surface area contributed by atoms with Crippen LogP contribution < -0.4 is 0 Å². The van der Waals surface area contributed by atoms with Crippen molar-refractivity contribution >= 4 is 28.6 Å². The van der Waals surface area contributed by atoms with Crippen molar-refractivity contribution in [2.45, 2.75) is 39.2 Å². The number of hydrogen-bond acceptors (Lipinski definition) is 7. The summed E-state index contributed by atoms with van der Waals surface area (Å²) in [6.45, 7) is 4.54. The second kappa shape index (κ2) is 9.59. The van der Waals surface area contributed by atoms with Crippen LogP contribution in [0.15, 0.2) is 40.5 Å². The molecule has 1 aromatic carbocycles. The minimum Gasteiger partial charge on any atom is -0.462 e. The van der Waals surface area contributed by atoms with E-state index in [1.807, 2.05) is 0 Å². The van der Waals surface area contributed by atoms with E-state index in [2.05, 4.69) is 4.99 Å². The summed E-state index contributed by atoms with van der Waals surface area (Å²) in [5, 5.41) is 11.7. The van der Waals surface area contributed by atoms with Crippen LogP contribution in [0.1, 0.15) is 38.7 Å². The molecule has 0 N–H and O–H groups in total. The van der Waals surface area contributed by atoms with Crippen LogP contribution in [0.25, 0.3) is 0 Å². The molecule has 0 spiro atoms. The van der Waals surface area contributed by atoms with Crippen molar-refractivity contribution < 1.29 is 23.6 Å². The van der Waals surface area contributed by atoms with E-state index in [0.717, 1.165) is 11.8 Å². The molecular formula is C19H21FN2O5S. The molecule has 1 aromatic rings. The Morgan fingerprint density at radius 2 is 2.00 bits per heavy atom. The van der Waals surface area contributed by atoms with Crippen molar-refractivity contribution in [2.75, 3.05) is 12.4 Å². The van der Waals surface area contributed by atoms with Gasteiger partial charge in [0.2, 0.25) is 0 Å². The number of benzene rings is 1. The van der Waals surface area contributed by atoms with Gasteiger partial charge in [-0.25, -0.2) is 9.18 Å². The van der Waals surface area contributed by atoms with E-state index in [9.17, 15) is 24.1 Å². The van der Waals surface area contributed by atoms with Crippen LogP contribution in [0.3, 0.4) is 0 Å². The van der Waals surface area contributed by atoms with Crippen LogP contribution in [0.2, 0.25) is 0 Å². The molecule has 28 heavy (non-hydrogen) atoms. The monoisotopic (exact) mass is 408 g/mol. The maximum Gasteiger partial charge on any atom is 0.336 e. The Morgan fingerprint density at radius 3 is 2.61 bits per heavy atom. The number of esters is 1. The predicted molar refractivity (Wildman–Crippen MR) is 104 cm³/mol. The Balaban J connectivity index is 2.33. The van der Waals surface area contributed by atoms with Crippen LogP contribution in [-0.2, 0) is 14.3 Å². The summed E-state index contributed by atoms with van der Waals surface area (Å²) in [7, 11) is 0. The first-order valence-corrected chi connectivity index (χ1v) is 9.67. The highest BCUT2D eigenvalue weighted by Gasteiger charge is 2.45. The largest absolute Gasteiger partial charge is 0.462 e. The molecule has 150 valence electrons. The molecule has 1 heterocycles. The smallest absolute Gasteiger partial charge is 0.336 e. The number of rotatable bonds is 7. The van der Waals surface area contributed by atoms with Gasteiger partial charge in [-0.05, 0) is 26.3 Å². The molecule has 1 aliphatic rings. The SMILES string of the molecule is CC(=O)SCCCOC(=O)C1=C(C)N=C(C)C([N+](=O)[O-])C1c1ccccc1F. The first-order chi connectivity index (χ1) is 13.2. The van der Waals surface area contributed by atoms with E-state index in [-0.39, 0.29) is 34.3 Å². The number of carbonyl (C=O) groups excluding carboxylic acids is 2. The summed E-state index contributed by atoms with van der Waals surface area (Å²) in [6.07, 6.45) is 0.452. The van der Waals surface area contributed by atoms with Gasteiger partial charge in [0.1, 0.15) is 5.82 Å². The van der Waals surface area contributed by atoms with Crippen molar-refractivity contribution in [3.05, 3.63) is 57.0 Å². The number of nitrogens with zero attached hydrogens (tertiary/aromatic N) is 2. The second-order valence-electron chi connectivity index (χ2n) is 6.31. The first kappa shape index (κ1) is 21.7. The fourth-order valence-corrected chi connectivity index (χ4v) is 3.68. The zero-order valence-electron chi connectivity index (χ0n) is 15.8. The number of hydrogen-bond donors (Lipinski definition) is 0. The van der Waals surface area contributed by atoms with Crippen molar-refractivity contribution in [1.82, 2.24) is 0 Å². The Hall–Kier alpha value is -2.55. The number of allylic oxidation sites excluding steroid dienone is 1. The minimum atomic E-state index is -1.36. The topological polar surface area (TPSA) is 98.9 Å². The lowest BCUT2D eigenvalue weighted by Gasteiger charge is -2.27.